The quantitative estimate of drug-likeness (QED) is 0.801. The summed E-state index contributed by atoms with van der Waals surface area (Å²) in [7, 11) is 3.98. The Bertz CT molecular complexity index is 537. The molecule has 0 spiro atoms. The first-order chi connectivity index (χ1) is 11.1. The van der Waals surface area contributed by atoms with Crippen LogP contribution >= 0.6 is 0 Å². The molecule has 1 aliphatic heterocycles. The van der Waals surface area contributed by atoms with Gasteiger partial charge in [-0.2, -0.15) is 0 Å². The molecule has 1 amide bonds. The summed E-state index contributed by atoms with van der Waals surface area (Å²) in [5, 5.41) is 8.56. The Morgan fingerprint density at radius 3 is 2.83 bits per heavy atom. The van der Waals surface area contributed by atoms with Gasteiger partial charge in [-0.3, -0.25) is 14.4 Å². The van der Waals surface area contributed by atoms with E-state index in [1.165, 1.54) is 19.3 Å². The van der Waals surface area contributed by atoms with Crippen LogP contribution in [0.3, 0.4) is 0 Å². The number of likely N-dealkylation sites (N-methyl/N-ethyl adjacent to an activating group) is 1. The first kappa shape index (κ1) is 16.4. The SMILES string of the molecule is CCC(C(=O)N1CCCC(Cn2cc(C3CC3)nn2)C1)N(C)C. The van der Waals surface area contributed by atoms with Gasteiger partial charge in [0.25, 0.3) is 0 Å². The molecule has 23 heavy (non-hydrogen) atoms. The Morgan fingerprint density at radius 1 is 1.39 bits per heavy atom. The third kappa shape index (κ3) is 3.91. The van der Waals surface area contributed by atoms with Crippen molar-refractivity contribution in [1.82, 2.24) is 24.8 Å². The molecule has 6 nitrogen and oxygen atoms in total. The van der Waals surface area contributed by atoms with E-state index in [4.69, 9.17) is 0 Å². The average Bonchev–Trinajstić information content (AvgIpc) is 3.28. The molecule has 1 saturated heterocycles. The minimum Gasteiger partial charge on any atom is -0.341 e. The van der Waals surface area contributed by atoms with Crippen LogP contribution in [0.2, 0.25) is 0 Å². The number of hydrogen-bond acceptors (Lipinski definition) is 4. The number of nitrogens with zero attached hydrogens (tertiary/aromatic N) is 5. The van der Waals surface area contributed by atoms with Gasteiger partial charge in [0.1, 0.15) is 0 Å². The molecule has 1 aromatic heterocycles. The fourth-order valence-electron chi connectivity index (χ4n) is 3.62. The molecule has 128 valence electrons. The lowest BCUT2D eigenvalue weighted by Crippen LogP contribution is -2.49. The number of hydrogen-bond donors (Lipinski definition) is 0. The molecule has 0 aromatic carbocycles. The standard InChI is InChI=1S/C17H29N5O/c1-4-16(20(2)3)17(23)21-9-5-6-13(10-21)11-22-12-15(18-19-22)14-7-8-14/h12-14,16H,4-11H2,1-3H3. The largest absolute Gasteiger partial charge is 0.341 e. The zero-order valence-electron chi connectivity index (χ0n) is 14.6. The van der Waals surface area contributed by atoms with Crippen molar-refractivity contribution in [1.29, 1.82) is 0 Å². The molecule has 0 bridgehead atoms. The summed E-state index contributed by atoms with van der Waals surface area (Å²) in [6.07, 6.45) is 7.74. The number of piperidine rings is 1. The van der Waals surface area contributed by atoms with E-state index in [0.29, 0.717) is 11.8 Å². The molecular formula is C17H29N5O. The summed E-state index contributed by atoms with van der Waals surface area (Å²) >= 11 is 0. The van der Waals surface area contributed by atoms with Gasteiger partial charge in [0.2, 0.25) is 5.91 Å². The van der Waals surface area contributed by atoms with E-state index >= 15 is 0 Å². The number of likely N-dealkylation sites (tertiary alicyclic amines) is 1. The fourth-order valence-corrected chi connectivity index (χ4v) is 3.62. The molecule has 1 saturated carbocycles. The Hall–Kier alpha value is -1.43. The van der Waals surface area contributed by atoms with Gasteiger partial charge >= 0.3 is 0 Å². The maximum atomic E-state index is 12.7. The Morgan fingerprint density at radius 2 is 2.17 bits per heavy atom. The van der Waals surface area contributed by atoms with E-state index in [-0.39, 0.29) is 11.9 Å². The van der Waals surface area contributed by atoms with Gasteiger partial charge in [-0.25, -0.2) is 0 Å². The van der Waals surface area contributed by atoms with E-state index in [9.17, 15) is 4.79 Å². The highest BCUT2D eigenvalue weighted by Gasteiger charge is 2.30. The minimum atomic E-state index is 0.00147. The van der Waals surface area contributed by atoms with Crippen LogP contribution in [0, 0.1) is 5.92 Å². The number of amides is 1. The van der Waals surface area contributed by atoms with Crippen LogP contribution in [-0.2, 0) is 11.3 Å². The van der Waals surface area contributed by atoms with Crippen molar-refractivity contribution in [2.75, 3.05) is 27.2 Å². The average molecular weight is 319 g/mol. The summed E-state index contributed by atoms with van der Waals surface area (Å²) in [6.45, 7) is 4.70. The molecular weight excluding hydrogens is 290 g/mol. The summed E-state index contributed by atoms with van der Waals surface area (Å²) in [5.41, 5.74) is 1.15. The summed E-state index contributed by atoms with van der Waals surface area (Å²) in [5.74, 6) is 1.42. The van der Waals surface area contributed by atoms with E-state index in [2.05, 4.69) is 28.3 Å². The monoisotopic (exact) mass is 319 g/mol. The predicted octanol–water partition coefficient (Wildman–Crippen LogP) is 1.73. The minimum absolute atomic E-state index is 0.00147. The molecule has 2 aliphatic rings. The van der Waals surface area contributed by atoms with Crippen molar-refractivity contribution in [3.63, 3.8) is 0 Å². The fraction of sp³-hybridized carbons (Fsp3) is 0.824. The predicted molar refractivity (Wildman–Crippen MR) is 89.1 cm³/mol. The zero-order chi connectivity index (χ0) is 16.4. The summed E-state index contributed by atoms with van der Waals surface area (Å²) in [4.78, 5) is 16.8. The molecule has 2 unspecified atom stereocenters. The highest BCUT2D eigenvalue weighted by Crippen LogP contribution is 2.38. The van der Waals surface area contributed by atoms with Crippen molar-refractivity contribution in [3.8, 4) is 0 Å². The van der Waals surface area contributed by atoms with Gasteiger partial charge in [-0.15, -0.1) is 5.10 Å². The Balaban J connectivity index is 1.57. The van der Waals surface area contributed by atoms with Gasteiger partial charge in [0, 0.05) is 31.7 Å². The smallest absolute Gasteiger partial charge is 0.239 e. The normalized spacial score (nSPS) is 23.3. The maximum Gasteiger partial charge on any atom is 0.239 e. The second kappa shape index (κ2) is 6.99. The van der Waals surface area contributed by atoms with Crippen LogP contribution in [0.4, 0.5) is 0 Å². The molecule has 1 aliphatic carbocycles. The van der Waals surface area contributed by atoms with Gasteiger partial charge in [-0.1, -0.05) is 12.1 Å². The van der Waals surface area contributed by atoms with Crippen LogP contribution in [0.15, 0.2) is 6.20 Å². The molecule has 0 radical (unpaired) electrons. The molecule has 3 rings (SSSR count). The third-order valence-electron chi connectivity index (χ3n) is 5.12. The van der Waals surface area contributed by atoms with Gasteiger partial charge in [-0.05, 0) is 52.1 Å². The molecule has 0 N–H and O–H groups in total. The zero-order valence-corrected chi connectivity index (χ0v) is 14.6. The van der Waals surface area contributed by atoms with Crippen molar-refractivity contribution in [3.05, 3.63) is 11.9 Å². The first-order valence-corrected chi connectivity index (χ1v) is 8.93. The third-order valence-corrected chi connectivity index (χ3v) is 5.12. The van der Waals surface area contributed by atoms with Crippen molar-refractivity contribution in [2.24, 2.45) is 5.92 Å². The van der Waals surface area contributed by atoms with Crippen LogP contribution < -0.4 is 0 Å². The lowest BCUT2D eigenvalue weighted by molar-refractivity contribution is -0.138. The topological polar surface area (TPSA) is 54.3 Å². The van der Waals surface area contributed by atoms with Crippen molar-refractivity contribution >= 4 is 5.91 Å². The van der Waals surface area contributed by atoms with Gasteiger partial charge in [0.05, 0.1) is 11.7 Å². The van der Waals surface area contributed by atoms with E-state index < -0.39 is 0 Å². The van der Waals surface area contributed by atoms with Crippen LogP contribution in [0.1, 0.15) is 50.6 Å². The van der Waals surface area contributed by atoms with Gasteiger partial charge in [0.15, 0.2) is 0 Å². The summed E-state index contributed by atoms with van der Waals surface area (Å²) < 4.78 is 1.98. The number of carbonyl (C=O) groups is 1. The van der Waals surface area contributed by atoms with Crippen LogP contribution in [0.25, 0.3) is 0 Å². The van der Waals surface area contributed by atoms with E-state index in [0.717, 1.165) is 38.2 Å². The van der Waals surface area contributed by atoms with Crippen molar-refractivity contribution in [2.45, 2.75) is 57.5 Å². The van der Waals surface area contributed by atoms with Gasteiger partial charge < -0.3 is 4.90 Å². The maximum absolute atomic E-state index is 12.7. The highest BCUT2D eigenvalue weighted by molar-refractivity contribution is 5.81. The lowest BCUT2D eigenvalue weighted by Gasteiger charge is -2.36. The highest BCUT2D eigenvalue weighted by atomic mass is 16.2. The Labute approximate surface area is 138 Å². The second-order valence-electron chi connectivity index (χ2n) is 7.32. The molecule has 2 fully saturated rings. The van der Waals surface area contributed by atoms with E-state index in [1.807, 2.05) is 23.7 Å². The van der Waals surface area contributed by atoms with Crippen LogP contribution in [-0.4, -0.2) is 63.9 Å². The molecule has 2 atom stereocenters. The number of aromatic nitrogens is 3. The van der Waals surface area contributed by atoms with E-state index in [1.54, 1.807) is 0 Å². The van der Waals surface area contributed by atoms with Crippen molar-refractivity contribution < 1.29 is 4.79 Å². The first-order valence-electron chi connectivity index (χ1n) is 8.93. The van der Waals surface area contributed by atoms with Crippen LogP contribution in [0.5, 0.6) is 0 Å². The molecule has 1 aromatic rings. The Kier molecular flexibility index (Phi) is 4.99. The number of rotatable bonds is 6. The number of carbonyl (C=O) groups excluding carboxylic acids is 1. The second-order valence-corrected chi connectivity index (χ2v) is 7.32. The molecule has 6 heteroatoms. The lowest BCUT2D eigenvalue weighted by atomic mass is 9.97. The molecule has 2 heterocycles. The summed E-state index contributed by atoms with van der Waals surface area (Å²) in [6, 6.07) is 0.00147.